The molecule has 0 spiro atoms. The third-order valence-electron chi connectivity index (χ3n) is 1.85. The smallest absolute Gasteiger partial charge is 0.307 e. The Balaban J connectivity index is 5.15. The molecule has 0 saturated heterocycles. The summed E-state index contributed by atoms with van der Waals surface area (Å²) < 4.78 is 3.41. The van der Waals surface area contributed by atoms with Crippen molar-refractivity contribution >= 4 is 21.6 Å². The van der Waals surface area contributed by atoms with Crippen molar-refractivity contribution in [3.63, 3.8) is 0 Å². The molecule has 7 nitrogen and oxygen atoms in total. The largest absolute Gasteiger partial charge is 0.418 e. The molecule has 0 aromatic heterocycles. The first kappa shape index (κ1) is 14.1. The molecule has 1 unspecified atom stereocenters. The lowest BCUT2D eigenvalue weighted by Gasteiger charge is -2.22. The van der Waals surface area contributed by atoms with Gasteiger partial charge in [0.15, 0.2) is 0 Å². The molecule has 0 aliphatic heterocycles. The summed E-state index contributed by atoms with van der Waals surface area (Å²) in [4.78, 5) is 9.68. The molecule has 0 saturated carbocycles. The van der Waals surface area contributed by atoms with Gasteiger partial charge in [0.1, 0.15) is 0 Å². The topological polar surface area (TPSA) is 98.7 Å². The molecule has 0 aliphatic rings. The van der Waals surface area contributed by atoms with Crippen molar-refractivity contribution in [2.75, 3.05) is 6.61 Å². The van der Waals surface area contributed by atoms with E-state index >= 15 is 0 Å². The van der Waals surface area contributed by atoms with Crippen molar-refractivity contribution in [1.82, 2.24) is 0 Å². The SMILES string of the molecule is CCOC(/C(C)=[N+](\[O-])O)[C@](C)(Br)[N+](=O)[O-]. The van der Waals surface area contributed by atoms with Gasteiger partial charge in [-0.05, 0) is 6.92 Å². The quantitative estimate of drug-likeness (QED) is 0.155. The lowest BCUT2D eigenvalue weighted by molar-refractivity contribution is -0.728. The van der Waals surface area contributed by atoms with Gasteiger partial charge >= 0.3 is 4.45 Å². The first-order valence-electron chi connectivity index (χ1n) is 4.19. The highest BCUT2D eigenvalue weighted by molar-refractivity contribution is 9.10. The normalized spacial score (nSPS) is 18.9. The van der Waals surface area contributed by atoms with Crippen molar-refractivity contribution in [3.8, 4) is 0 Å². The number of halogens is 1. The van der Waals surface area contributed by atoms with Crippen molar-refractivity contribution in [2.24, 2.45) is 0 Å². The van der Waals surface area contributed by atoms with Crippen molar-refractivity contribution in [2.45, 2.75) is 31.3 Å². The Hall–Kier alpha value is -0.890. The second kappa shape index (κ2) is 5.26. The van der Waals surface area contributed by atoms with Crippen LogP contribution in [0.15, 0.2) is 0 Å². The van der Waals surface area contributed by atoms with Crippen LogP contribution in [0.4, 0.5) is 0 Å². The van der Waals surface area contributed by atoms with Gasteiger partial charge in [-0.1, -0.05) is 0 Å². The first-order valence-corrected chi connectivity index (χ1v) is 4.99. The predicted molar refractivity (Wildman–Crippen MR) is 55.8 cm³/mol. The fourth-order valence-corrected chi connectivity index (χ4v) is 1.48. The minimum Gasteiger partial charge on any atom is -0.418 e. The summed E-state index contributed by atoms with van der Waals surface area (Å²) in [6.45, 7) is 4.33. The Bertz CT molecular complexity index is 275. The molecule has 15 heavy (non-hydrogen) atoms. The van der Waals surface area contributed by atoms with E-state index in [-0.39, 0.29) is 12.3 Å². The molecule has 0 amide bonds. The number of hydrogen-bond donors (Lipinski definition) is 1. The first-order chi connectivity index (χ1) is 6.75. The van der Waals surface area contributed by atoms with Gasteiger partial charge in [0, 0.05) is 46.2 Å². The number of ether oxygens (including phenoxy) is 1. The van der Waals surface area contributed by atoms with Gasteiger partial charge in [-0.3, -0.25) is 15.3 Å². The van der Waals surface area contributed by atoms with Crippen LogP contribution in [0.3, 0.4) is 0 Å². The van der Waals surface area contributed by atoms with Crippen molar-refractivity contribution in [3.05, 3.63) is 15.3 Å². The Morgan fingerprint density at radius 1 is 1.67 bits per heavy atom. The average Bonchev–Trinajstić information content (AvgIpc) is 2.12. The van der Waals surface area contributed by atoms with Gasteiger partial charge in [0.05, 0.1) is 0 Å². The summed E-state index contributed by atoms with van der Waals surface area (Å²) in [5.41, 5.74) is -0.187. The minimum atomic E-state index is -1.65. The zero-order valence-corrected chi connectivity index (χ0v) is 10.2. The van der Waals surface area contributed by atoms with E-state index in [9.17, 15) is 15.3 Å². The maximum atomic E-state index is 10.7. The number of rotatable bonds is 5. The van der Waals surface area contributed by atoms with Gasteiger partial charge in [-0.25, -0.2) is 0 Å². The Morgan fingerprint density at radius 3 is 2.40 bits per heavy atom. The molecule has 0 radical (unpaired) electrons. The zero-order valence-electron chi connectivity index (χ0n) is 8.64. The molecule has 8 heteroatoms. The molecule has 0 aliphatic carbocycles. The van der Waals surface area contributed by atoms with Crippen LogP contribution in [-0.2, 0) is 4.74 Å². The average molecular weight is 285 g/mol. The highest BCUT2D eigenvalue weighted by atomic mass is 79.9. The second-order valence-electron chi connectivity index (χ2n) is 3.03. The van der Waals surface area contributed by atoms with Gasteiger partial charge in [0.25, 0.3) is 5.71 Å². The van der Waals surface area contributed by atoms with Crippen molar-refractivity contribution < 1.29 is 19.8 Å². The van der Waals surface area contributed by atoms with E-state index in [4.69, 9.17) is 9.94 Å². The Morgan fingerprint density at radius 2 is 2.13 bits per heavy atom. The molecular formula is C7H13BrN2O5. The van der Waals surface area contributed by atoms with Gasteiger partial charge in [-0.2, -0.15) is 0 Å². The molecule has 0 heterocycles. The van der Waals surface area contributed by atoms with E-state index in [2.05, 4.69) is 15.9 Å². The lowest BCUT2D eigenvalue weighted by Crippen LogP contribution is -2.48. The third-order valence-corrected chi connectivity index (χ3v) is 2.56. The third kappa shape index (κ3) is 3.31. The summed E-state index contributed by atoms with van der Waals surface area (Å²) in [5.74, 6) is 0. The minimum absolute atomic E-state index is 0.185. The molecule has 1 N–H and O–H groups in total. The van der Waals surface area contributed by atoms with Crippen LogP contribution in [0.5, 0.6) is 0 Å². The highest BCUT2D eigenvalue weighted by Gasteiger charge is 2.49. The highest BCUT2D eigenvalue weighted by Crippen LogP contribution is 2.26. The summed E-state index contributed by atoms with van der Waals surface area (Å²) in [6.07, 6.45) is -1.14. The number of nitro groups is 1. The lowest BCUT2D eigenvalue weighted by atomic mass is 10.1. The van der Waals surface area contributed by atoms with Gasteiger partial charge in [-0.15, -0.1) is 0 Å². The van der Waals surface area contributed by atoms with E-state index in [1.807, 2.05) is 0 Å². The number of alkyl halides is 1. The molecule has 0 aromatic carbocycles. The molecule has 88 valence electrons. The summed E-state index contributed by atoms with van der Waals surface area (Å²) in [6, 6.07) is 0. The molecule has 0 rings (SSSR count). The summed E-state index contributed by atoms with van der Waals surface area (Å²) in [7, 11) is 0. The Labute approximate surface area is 95.2 Å². The standard InChI is InChI=1S/C7H13BrN2O5/c1-4-15-6(5(2)9(11)12)7(3,8)10(13)14/h6H,4H2,1-3H3,(H,11,12)/t6?,7-/m1/s1. The fourth-order valence-electron chi connectivity index (χ4n) is 1.02. The monoisotopic (exact) mass is 284 g/mol. The van der Waals surface area contributed by atoms with E-state index < -0.39 is 20.4 Å². The van der Waals surface area contributed by atoms with Crippen LogP contribution >= 0.6 is 15.9 Å². The zero-order chi connectivity index (χ0) is 12.2. The van der Waals surface area contributed by atoms with Crippen molar-refractivity contribution in [1.29, 1.82) is 0 Å². The number of nitrogens with zero attached hydrogens (tertiary/aromatic N) is 2. The van der Waals surface area contributed by atoms with E-state index in [0.717, 1.165) is 0 Å². The maximum absolute atomic E-state index is 10.7. The van der Waals surface area contributed by atoms with Gasteiger partial charge < -0.3 is 9.94 Å². The Kier molecular flexibility index (Phi) is 4.95. The number of hydrogen-bond acceptors (Lipinski definition) is 5. The van der Waals surface area contributed by atoms with Gasteiger partial charge in [0.2, 0.25) is 6.10 Å². The van der Waals surface area contributed by atoms with E-state index in [0.29, 0.717) is 0 Å². The van der Waals surface area contributed by atoms with Crippen LogP contribution in [0.2, 0.25) is 0 Å². The van der Waals surface area contributed by atoms with E-state index in [1.54, 1.807) is 6.92 Å². The van der Waals surface area contributed by atoms with Crippen LogP contribution in [0.1, 0.15) is 20.8 Å². The molecule has 0 fully saturated rings. The molecule has 2 atom stereocenters. The van der Waals surface area contributed by atoms with Crippen LogP contribution in [0, 0.1) is 15.3 Å². The van der Waals surface area contributed by atoms with Crippen LogP contribution < -0.4 is 0 Å². The molecule has 0 bridgehead atoms. The van der Waals surface area contributed by atoms with Crippen LogP contribution in [-0.4, -0.2) is 37.9 Å². The second-order valence-corrected chi connectivity index (χ2v) is 4.64. The summed E-state index contributed by atoms with van der Waals surface area (Å²) >= 11 is 2.86. The molecule has 0 aromatic rings. The summed E-state index contributed by atoms with van der Waals surface area (Å²) in [5, 5.41) is 30.0. The fraction of sp³-hybridized carbons (Fsp3) is 0.857. The maximum Gasteiger partial charge on any atom is 0.307 e. The predicted octanol–water partition coefficient (Wildman–Crippen LogP) is 1.14. The van der Waals surface area contributed by atoms with E-state index in [1.165, 1.54) is 13.8 Å². The van der Waals surface area contributed by atoms with Crippen LogP contribution in [0.25, 0.3) is 0 Å². The molecular weight excluding hydrogens is 272 g/mol.